The Hall–Kier alpha value is -2.60. The van der Waals surface area contributed by atoms with Gasteiger partial charge in [-0.25, -0.2) is 0 Å². The maximum absolute atomic E-state index is 12.4. The number of likely N-dealkylation sites (tertiary alicyclic amines) is 1. The number of hydrogen-bond donors (Lipinski definition) is 1. The van der Waals surface area contributed by atoms with Crippen LogP contribution >= 0.6 is 0 Å². The second kappa shape index (κ2) is 7.98. The van der Waals surface area contributed by atoms with Gasteiger partial charge in [0, 0.05) is 25.8 Å². The number of nitrogens with zero attached hydrogens (tertiary/aromatic N) is 2. The van der Waals surface area contributed by atoms with Gasteiger partial charge in [-0.05, 0) is 35.7 Å². The Morgan fingerprint density at radius 2 is 1.92 bits per heavy atom. The van der Waals surface area contributed by atoms with Crippen LogP contribution in [0.1, 0.15) is 17.5 Å². The first kappa shape index (κ1) is 17.2. The Morgan fingerprint density at radius 1 is 1.16 bits per heavy atom. The molecule has 0 bridgehead atoms. The summed E-state index contributed by atoms with van der Waals surface area (Å²) in [7, 11) is 3.26. The normalized spacial score (nSPS) is 16.8. The van der Waals surface area contributed by atoms with E-state index in [1.165, 1.54) is 5.56 Å². The van der Waals surface area contributed by atoms with Crippen molar-refractivity contribution in [1.29, 1.82) is 0 Å². The molecule has 0 aliphatic carbocycles. The molecule has 1 aliphatic rings. The van der Waals surface area contributed by atoms with E-state index in [1.54, 1.807) is 26.6 Å². The highest BCUT2D eigenvalue weighted by Crippen LogP contribution is 2.22. The molecular formula is C19H23N3O3. The first-order chi connectivity index (χ1) is 12.2. The van der Waals surface area contributed by atoms with Crippen LogP contribution in [0.3, 0.4) is 0 Å². The van der Waals surface area contributed by atoms with Crippen LogP contribution in [0.25, 0.3) is 0 Å². The highest BCUT2D eigenvalue weighted by molar-refractivity contribution is 5.82. The average Bonchev–Trinajstić information content (AvgIpc) is 2.64. The van der Waals surface area contributed by atoms with E-state index >= 15 is 0 Å². The van der Waals surface area contributed by atoms with E-state index in [-0.39, 0.29) is 11.9 Å². The molecule has 25 heavy (non-hydrogen) atoms. The second-order valence-electron chi connectivity index (χ2n) is 6.07. The van der Waals surface area contributed by atoms with Gasteiger partial charge in [0.15, 0.2) is 0 Å². The standard InChI is InChI=1S/C19H23N3O3/c1-24-16-5-3-14(4-6-16)13-22-8-7-18(22)19(23)21-11-15-9-17(25-2)12-20-10-15/h3-6,9-10,12,18H,7-8,11,13H2,1-2H3,(H,21,23). The van der Waals surface area contributed by atoms with E-state index in [9.17, 15) is 4.79 Å². The Bertz CT molecular complexity index is 718. The van der Waals surface area contributed by atoms with Gasteiger partial charge >= 0.3 is 0 Å². The summed E-state index contributed by atoms with van der Waals surface area (Å²) in [4.78, 5) is 18.7. The first-order valence-electron chi connectivity index (χ1n) is 8.32. The number of ether oxygens (including phenoxy) is 2. The summed E-state index contributed by atoms with van der Waals surface area (Å²) in [6.45, 7) is 2.16. The molecule has 1 aromatic heterocycles. The van der Waals surface area contributed by atoms with Crippen molar-refractivity contribution >= 4 is 5.91 Å². The van der Waals surface area contributed by atoms with Crippen LogP contribution in [0.2, 0.25) is 0 Å². The number of benzene rings is 1. The third kappa shape index (κ3) is 4.28. The molecule has 1 atom stereocenters. The minimum atomic E-state index is -0.0688. The molecule has 6 heteroatoms. The Labute approximate surface area is 147 Å². The molecule has 2 heterocycles. The van der Waals surface area contributed by atoms with Gasteiger partial charge in [0.05, 0.1) is 26.5 Å². The number of carbonyl (C=O) groups excluding carboxylic acids is 1. The molecule has 1 saturated heterocycles. The minimum absolute atomic E-state index is 0.0579. The SMILES string of the molecule is COc1ccc(CN2CCC2C(=O)NCc2cncc(OC)c2)cc1. The van der Waals surface area contributed by atoms with E-state index in [2.05, 4.69) is 15.2 Å². The molecule has 1 aromatic carbocycles. The number of aromatic nitrogens is 1. The highest BCUT2D eigenvalue weighted by atomic mass is 16.5. The summed E-state index contributed by atoms with van der Waals surface area (Å²) in [5.41, 5.74) is 2.10. The van der Waals surface area contributed by atoms with Crippen LogP contribution < -0.4 is 14.8 Å². The number of rotatable bonds is 7. The zero-order valence-electron chi connectivity index (χ0n) is 14.6. The van der Waals surface area contributed by atoms with Crippen LogP contribution in [-0.4, -0.2) is 42.6 Å². The van der Waals surface area contributed by atoms with Crippen LogP contribution in [0, 0.1) is 0 Å². The summed E-state index contributed by atoms with van der Waals surface area (Å²) in [5, 5.41) is 2.99. The molecule has 1 amide bonds. The molecule has 6 nitrogen and oxygen atoms in total. The smallest absolute Gasteiger partial charge is 0.237 e. The Balaban J connectivity index is 1.51. The molecule has 0 spiro atoms. The lowest BCUT2D eigenvalue weighted by Gasteiger charge is -2.39. The quantitative estimate of drug-likeness (QED) is 0.834. The number of hydrogen-bond acceptors (Lipinski definition) is 5. The minimum Gasteiger partial charge on any atom is -0.497 e. The lowest BCUT2D eigenvalue weighted by atomic mass is 10.0. The highest BCUT2D eigenvalue weighted by Gasteiger charge is 2.33. The molecule has 1 unspecified atom stereocenters. The molecule has 3 rings (SSSR count). The Kier molecular flexibility index (Phi) is 5.50. The van der Waals surface area contributed by atoms with Gasteiger partial charge in [-0.15, -0.1) is 0 Å². The van der Waals surface area contributed by atoms with Crippen LogP contribution in [0.5, 0.6) is 11.5 Å². The summed E-state index contributed by atoms with van der Waals surface area (Å²) in [6, 6.07) is 9.77. The van der Waals surface area contributed by atoms with E-state index < -0.39 is 0 Å². The fourth-order valence-corrected chi connectivity index (χ4v) is 2.87. The monoisotopic (exact) mass is 341 g/mol. The fourth-order valence-electron chi connectivity index (χ4n) is 2.87. The van der Waals surface area contributed by atoms with Gasteiger partial charge in [0.2, 0.25) is 5.91 Å². The number of nitrogens with one attached hydrogen (secondary N) is 1. The van der Waals surface area contributed by atoms with E-state index in [0.717, 1.165) is 30.8 Å². The van der Waals surface area contributed by atoms with Gasteiger partial charge in [-0.2, -0.15) is 0 Å². The average molecular weight is 341 g/mol. The van der Waals surface area contributed by atoms with E-state index in [4.69, 9.17) is 9.47 Å². The molecule has 1 N–H and O–H groups in total. The van der Waals surface area contributed by atoms with Crippen molar-refractivity contribution in [2.24, 2.45) is 0 Å². The maximum Gasteiger partial charge on any atom is 0.237 e. The van der Waals surface area contributed by atoms with Crippen LogP contribution in [0.15, 0.2) is 42.7 Å². The number of carbonyl (C=O) groups is 1. The van der Waals surface area contributed by atoms with Crippen molar-refractivity contribution in [1.82, 2.24) is 15.2 Å². The summed E-state index contributed by atoms with van der Waals surface area (Å²) >= 11 is 0. The van der Waals surface area contributed by atoms with E-state index in [0.29, 0.717) is 12.3 Å². The van der Waals surface area contributed by atoms with E-state index in [1.807, 2.05) is 30.3 Å². The lowest BCUT2D eigenvalue weighted by molar-refractivity contribution is -0.131. The van der Waals surface area contributed by atoms with Gasteiger partial charge in [-0.1, -0.05) is 12.1 Å². The van der Waals surface area contributed by atoms with Gasteiger partial charge < -0.3 is 14.8 Å². The van der Waals surface area contributed by atoms with Crippen molar-refractivity contribution in [3.05, 3.63) is 53.9 Å². The zero-order valence-corrected chi connectivity index (χ0v) is 14.6. The van der Waals surface area contributed by atoms with Crippen molar-refractivity contribution in [2.45, 2.75) is 25.6 Å². The summed E-state index contributed by atoms with van der Waals surface area (Å²) in [5.74, 6) is 1.59. The zero-order chi connectivity index (χ0) is 17.6. The topological polar surface area (TPSA) is 63.7 Å². The number of methoxy groups -OCH3 is 2. The molecule has 0 radical (unpaired) electrons. The predicted octanol–water partition coefficient (Wildman–Crippen LogP) is 1.99. The van der Waals surface area contributed by atoms with Crippen LogP contribution in [0.4, 0.5) is 0 Å². The lowest BCUT2D eigenvalue weighted by Crippen LogP contribution is -2.55. The summed E-state index contributed by atoms with van der Waals surface area (Å²) in [6.07, 6.45) is 4.27. The van der Waals surface area contributed by atoms with Crippen molar-refractivity contribution in [2.75, 3.05) is 20.8 Å². The summed E-state index contributed by atoms with van der Waals surface area (Å²) < 4.78 is 10.3. The molecule has 132 valence electrons. The molecule has 1 fully saturated rings. The first-order valence-corrected chi connectivity index (χ1v) is 8.32. The molecular weight excluding hydrogens is 318 g/mol. The van der Waals surface area contributed by atoms with Crippen molar-refractivity contribution in [3.8, 4) is 11.5 Å². The molecule has 2 aromatic rings. The third-order valence-corrected chi connectivity index (χ3v) is 4.45. The largest absolute Gasteiger partial charge is 0.497 e. The Morgan fingerprint density at radius 3 is 2.56 bits per heavy atom. The van der Waals surface area contributed by atoms with Gasteiger partial charge in [0.1, 0.15) is 11.5 Å². The van der Waals surface area contributed by atoms with Crippen molar-refractivity contribution < 1.29 is 14.3 Å². The number of amides is 1. The van der Waals surface area contributed by atoms with Crippen LogP contribution in [-0.2, 0) is 17.9 Å². The fraction of sp³-hybridized carbons (Fsp3) is 0.368. The second-order valence-corrected chi connectivity index (χ2v) is 6.07. The van der Waals surface area contributed by atoms with Gasteiger partial charge in [0.25, 0.3) is 0 Å². The maximum atomic E-state index is 12.4. The number of pyridine rings is 1. The van der Waals surface area contributed by atoms with Gasteiger partial charge in [-0.3, -0.25) is 14.7 Å². The molecule has 1 aliphatic heterocycles. The predicted molar refractivity (Wildman–Crippen MR) is 94.4 cm³/mol. The molecule has 0 saturated carbocycles. The third-order valence-electron chi connectivity index (χ3n) is 4.45. The van der Waals surface area contributed by atoms with Crippen molar-refractivity contribution in [3.63, 3.8) is 0 Å².